The van der Waals surface area contributed by atoms with Crippen molar-refractivity contribution in [1.82, 2.24) is 10.3 Å². The van der Waals surface area contributed by atoms with Crippen LogP contribution in [0, 0.1) is 11.8 Å². The van der Waals surface area contributed by atoms with Gasteiger partial charge in [0, 0.05) is 12.2 Å². The third kappa shape index (κ3) is 4.28. The van der Waals surface area contributed by atoms with Gasteiger partial charge in [0.2, 0.25) is 0 Å². The zero-order valence-corrected chi connectivity index (χ0v) is 12.5. The molecule has 0 bridgehead atoms. The summed E-state index contributed by atoms with van der Waals surface area (Å²) in [6.45, 7) is 4.12. The molecule has 1 saturated carbocycles. The SMILES string of the molecule is C[C@@H]1[C@@H](C)CCC[C@H]1NC(=O)COC(=O)c1ccccn1. The lowest BCUT2D eigenvalue weighted by atomic mass is 9.78. The van der Waals surface area contributed by atoms with Crippen LogP contribution >= 0.6 is 0 Å². The molecule has 1 aliphatic carbocycles. The topological polar surface area (TPSA) is 68.3 Å². The molecule has 5 heteroatoms. The maximum absolute atomic E-state index is 11.9. The molecule has 0 spiro atoms. The molecule has 2 rings (SSSR count). The zero-order chi connectivity index (χ0) is 15.2. The van der Waals surface area contributed by atoms with Crippen molar-refractivity contribution in [1.29, 1.82) is 0 Å². The first kappa shape index (κ1) is 15.5. The molecular weight excluding hydrogens is 268 g/mol. The molecule has 1 amide bonds. The number of nitrogens with zero attached hydrogens (tertiary/aromatic N) is 1. The Morgan fingerprint density at radius 2 is 2.14 bits per heavy atom. The molecule has 1 aliphatic rings. The van der Waals surface area contributed by atoms with Crippen molar-refractivity contribution in [3.8, 4) is 0 Å². The highest BCUT2D eigenvalue weighted by atomic mass is 16.5. The van der Waals surface area contributed by atoms with E-state index in [1.165, 1.54) is 12.6 Å². The van der Waals surface area contributed by atoms with E-state index in [0.29, 0.717) is 11.8 Å². The Labute approximate surface area is 125 Å². The van der Waals surface area contributed by atoms with E-state index in [9.17, 15) is 9.59 Å². The van der Waals surface area contributed by atoms with Gasteiger partial charge in [-0.1, -0.05) is 32.8 Å². The Morgan fingerprint density at radius 1 is 1.33 bits per heavy atom. The van der Waals surface area contributed by atoms with Gasteiger partial charge in [0.25, 0.3) is 5.91 Å². The number of rotatable bonds is 4. The third-order valence-electron chi connectivity index (χ3n) is 4.26. The Kier molecular flexibility index (Phi) is 5.31. The van der Waals surface area contributed by atoms with E-state index in [0.717, 1.165) is 12.8 Å². The molecule has 1 heterocycles. The molecule has 0 aromatic carbocycles. The molecule has 1 aromatic heterocycles. The lowest BCUT2D eigenvalue weighted by Gasteiger charge is -2.34. The third-order valence-corrected chi connectivity index (χ3v) is 4.26. The summed E-state index contributed by atoms with van der Waals surface area (Å²) in [4.78, 5) is 27.5. The van der Waals surface area contributed by atoms with Crippen molar-refractivity contribution in [2.24, 2.45) is 11.8 Å². The van der Waals surface area contributed by atoms with Crippen molar-refractivity contribution in [3.05, 3.63) is 30.1 Å². The molecule has 3 atom stereocenters. The predicted octanol–water partition coefficient (Wildman–Crippen LogP) is 2.18. The van der Waals surface area contributed by atoms with E-state index in [2.05, 4.69) is 24.1 Å². The van der Waals surface area contributed by atoms with Crippen LogP contribution in [-0.2, 0) is 9.53 Å². The number of esters is 1. The normalized spacial score (nSPS) is 25.1. The van der Waals surface area contributed by atoms with Crippen molar-refractivity contribution in [3.63, 3.8) is 0 Å². The van der Waals surface area contributed by atoms with Gasteiger partial charge in [-0.2, -0.15) is 0 Å². The molecule has 0 aliphatic heterocycles. The number of amides is 1. The van der Waals surface area contributed by atoms with Crippen LogP contribution in [0.4, 0.5) is 0 Å². The molecule has 0 unspecified atom stereocenters. The van der Waals surface area contributed by atoms with Gasteiger partial charge in [-0.05, 0) is 30.4 Å². The molecule has 114 valence electrons. The highest BCUT2D eigenvalue weighted by molar-refractivity contribution is 5.89. The summed E-state index contributed by atoms with van der Waals surface area (Å²) in [6, 6.07) is 5.16. The lowest BCUT2D eigenvalue weighted by molar-refractivity contribution is -0.125. The summed E-state index contributed by atoms with van der Waals surface area (Å²) in [5.74, 6) is 0.246. The smallest absolute Gasteiger partial charge is 0.357 e. The molecule has 5 nitrogen and oxygen atoms in total. The van der Waals surface area contributed by atoms with Gasteiger partial charge in [0.1, 0.15) is 5.69 Å². The van der Waals surface area contributed by atoms with Gasteiger partial charge >= 0.3 is 5.97 Å². The first-order chi connectivity index (χ1) is 10.1. The van der Waals surface area contributed by atoms with Gasteiger partial charge in [0.15, 0.2) is 6.61 Å². The predicted molar refractivity (Wildman–Crippen MR) is 78.6 cm³/mol. The van der Waals surface area contributed by atoms with Gasteiger partial charge < -0.3 is 10.1 Å². The average Bonchev–Trinajstić information content (AvgIpc) is 2.50. The van der Waals surface area contributed by atoms with Crippen LogP contribution in [0.2, 0.25) is 0 Å². The maximum Gasteiger partial charge on any atom is 0.357 e. The van der Waals surface area contributed by atoms with E-state index >= 15 is 0 Å². The fourth-order valence-corrected chi connectivity index (χ4v) is 2.72. The van der Waals surface area contributed by atoms with E-state index in [1.807, 2.05) is 0 Å². The van der Waals surface area contributed by atoms with E-state index < -0.39 is 5.97 Å². The van der Waals surface area contributed by atoms with Crippen LogP contribution in [0.5, 0.6) is 0 Å². The van der Waals surface area contributed by atoms with Crippen molar-refractivity contribution >= 4 is 11.9 Å². The first-order valence-corrected chi connectivity index (χ1v) is 7.45. The number of aromatic nitrogens is 1. The maximum atomic E-state index is 11.9. The van der Waals surface area contributed by atoms with Crippen LogP contribution in [0.15, 0.2) is 24.4 Å². The number of carbonyl (C=O) groups excluding carboxylic acids is 2. The Bertz CT molecular complexity index is 490. The van der Waals surface area contributed by atoms with E-state index in [4.69, 9.17) is 4.74 Å². The lowest BCUT2D eigenvalue weighted by Crippen LogP contribution is -2.45. The quantitative estimate of drug-likeness (QED) is 0.863. The van der Waals surface area contributed by atoms with Gasteiger partial charge in [-0.15, -0.1) is 0 Å². The molecule has 21 heavy (non-hydrogen) atoms. The monoisotopic (exact) mass is 290 g/mol. The van der Waals surface area contributed by atoms with Gasteiger partial charge in [0.05, 0.1) is 0 Å². The molecule has 1 aromatic rings. The van der Waals surface area contributed by atoms with Crippen molar-refractivity contribution in [2.45, 2.75) is 39.2 Å². The Balaban J connectivity index is 1.78. The van der Waals surface area contributed by atoms with Crippen LogP contribution in [0.25, 0.3) is 0 Å². The average molecular weight is 290 g/mol. The summed E-state index contributed by atoms with van der Waals surface area (Å²) in [5, 5.41) is 2.97. The van der Waals surface area contributed by atoms with Crippen LogP contribution < -0.4 is 5.32 Å². The Hall–Kier alpha value is -1.91. The summed E-state index contributed by atoms with van der Waals surface area (Å²) in [7, 11) is 0. The number of pyridine rings is 1. The van der Waals surface area contributed by atoms with Gasteiger partial charge in [-0.25, -0.2) is 9.78 Å². The van der Waals surface area contributed by atoms with Crippen LogP contribution in [-0.4, -0.2) is 29.5 Å². The summed E-state index contributed by atoms with van der Waals surface area (Å²) in [5.41, 5.74) is 0.213. The second-order valence-corrected chi connectivity index (χ2v) is 5.73. The standard InChI is InChI=1S/C16H22N2O3/c1-11-6-5-8-13(12(11)2)18-15(19)10-21-16(20)14-7-3-4-9-17-14/h3-4,7,9,11-13H,5-6,8,10H2,1-2H3,(H,18,19)/t11-,12+,13+/m0/s1. The number of hydrogen-bond donors (Lipinski definition) is 1. The summed E-state index contributed by atoms with van der Waals surface area (Å²) < 4.78 is 4.98. The summed E-state index contributed by atoms with van der Waals surface area (Å²) >= 11 is 0. The number of hydrogen-bond acceptors (Lipinski definition) is 4. The fraction of sp³-hybridized carbons (Fsp3) is 0.562. The minimum atomic E-state index is -0.573. The number of ether oxygens (including phenoxy) is 1. The van der Waals surface area contributed by atoms with E-state index in [1.54, 1.807) is 18.2 Å². The highest BCUT2D eigenvalue weighted by Gasteiger charge is 2.28. The Morgan fingerprint density at radius 3 is 2.86 bits per heavy atom. The van der Waals surface area contributed by atoms with Crippen molar-refractivity contribution in [2.75, 3.05) is 6.61 Å². The van der Waals surface area contributed by atoms with Gasteiger partial charge in [-0.3, -0.25) is 4.79 Å². The second-order valence-electron chi connectivity index (χ2n) is 5.73. The van der Waals surface area contributed by atoms with Crippen LogP contribution in [0.3, 0.4) is 0 Å². The molecule has 1 fully saturated rings. The fourth-order valence-electron chi connectivity index (χ4n) is 2.72. The largest absolute Gasteiger partial charge is 0.451 e. The molecule has 0 radical (unpaired) electrons. The molecule has 0 saturated heterocycles. The second kappa shape index (κ2) is 7.20. The summed E-state index contributed by atoms with van der Waals surface area (Å²) in [6.07, 6.45) is 4.85. The van der Waals surface area contributed by atoms with Crippen molar-refractivity contribution < 1.29 is 14.3 Å². The van der Waals surface area contributed by atoms with E-state index in [-0.39, 0.29) is 24.2 Å². The molecule has 1 N–H and O–H groups in total. The molecular formula is C16H22N2O3. The minimum absolute atomic E-state index is 0.176. The number of nitrogens with one attached hydrogen (secondary N) is 1. The number of carbonyl (C=O) groups is 2. The minimum Gasteiger partial charge on any atom is -0.451 e. The first-order valence-electron chi connectivity index (χ1n) is 7.45. The highest BCUT2D eigenvalue weighted by Crippen LogP contribution is 2.29. The zero-order valence-electron chi connectivity index (χ0n) is 12.5. The van der Waals surface area contributed by atoms with Crippen LogP contribution in [0.1, 0.15) is 43.6 Å².